The van der Waals surface area contributed by atoms with Gasteiger partial charge in [0.1, 0.15) is 11.6 Å². The van der Waals surface area contributed by atoms with E-state index >= 15 is 0 Å². The quantitative estimate of drug-likeness (QED) is 0.619. The van der Waals surface area contributed by atoms with Crippen molar-refractivity contribution in [1.82, 2.24) is 9.97 Å². The van der Waals surface area contributed by atoms with Crippen LogP contribution in [0.4, 0.5) is 24.9 Å². The summed E-state index contributed by atoms with van der Waals surface area (Å²) in [7, 11) is 0. The number of furan rings is 1. The molecule has 0 saturated carbocycles. The van der Waals surface area contributed by atoms with E-state index in [-0.39, 0.29) is 18.4 Å². The molecule has 31 heavy (non-hydrogen) atoms. The fourth-order valence-corrected chi connectivity index (χ4v) is 3.73. The normalized spacial score (nSPS) is 16.4. The monoisotopic (exact) mass is 432 g/mol. The molecule has 0 unspecified atom stereocenters. The highest BCUT2D eigenvalue weighted by Crippen LogP contribution is 2.37. The molecule has 1 aliphatic rings. The van der Waals surface area contributed by atoms with Crippen LogP contribution in [0.5, 0.6) is 0 Å². The van der Waals surface area contributed by atoms with Crippen molar-refractivity contribution in [3.05, 3.63) is 71.3 Å². The first kappa shape index (κ1) is 21.2. The van der Waals surface area contributed by atoms with Gasteiger partial charge in [0, 0.05) is 24.8 Å². The minimum Gasteiger partial charge on any atom is -0.467 e. The zero-order valence-electron chi connectivity index (χ0n) is 17.0. The van der Waals surface area contributed by atoms with Crippen LogP contribution in [0.15, 0.2) is 53.1 Å². The van der Waals surface area contributed by atoms with E-state index in [0.717, 1.165) is 23.6 Å². The molecular formula is C22H23F3N4O2. The molecule has 0 bridgehead atoms. The highest BCUT2D eigenvalue weighted by molar-refractivity contribution is 5.44. The molecule has 0 spiro atoms. The van der Waals surface area contributed by atoms with E-state index in [1.807, 2.05) is 30.0 Å². The van der Waals surface area contributed by atoms with Gasteiger partial charge in [-0.2, -0.15) is 18.2 Å². The Morgan fingerprint density at radius 3 is 2.58 bits per heavy atom. The smallest absolute Gasteiger partial charge is 0.416 e. The van der Waals surface area contributed by atoms with Gasteiger partial charge in [0.2, 0.25) is 5.95 Å². The molecule has 4 rings (SSSR count). The third-order valence-corrected chi connectivity index (χ3v) is 5.47. The third kappa shape index (κ3) is 4.82. The van der Waals surface area contributed by atoms with Crippen molar-refractivity contribution < 1.29 is 22.7 Å². The Morgan fingerprint density at radius 2 is 1.90 bits per heavy atom. The maximum Gasteiger partial charge on any atom is 0.416 e. The van der Waals surface area contributed by atoms with Gasteiger partial charge in [-0.05, 0) is 49.6 Å². The summed E-state index contributed by atoms with van der Waals surface area (Å²) in [6, 6.07) is 10.4. The standard InChI is InChI=1S/C22H23F3N4O2/c1-15-12-19(26-14-18-6-3-11-31-18)28-20(27-15)29-9-7-21(30,8-10-29)16-4-2-5-17(13-16)22(23,24)25/h2-6,11-13,30H,7-10,14H2,1H3,(H,26,27,28). The molecule has 1 fully saturated rings. The fraction of sp³-hybridized carbons (Fsp3) is 0.364. The molecule has 6 nitrogen and oxygen atoms in total. The average Bonchev–Trinajstić information content (AvgIpc) is 3.26. The molecule has 1 aliphatic heterocycles. The van der Waals surface area contributed by atoms with Crippen molar-refractivity contribution in [3.8, 4) is 0 Å². The average molecular weight is 432 g/mol. The highest BCUT2D eigenvalue weighted by atomic mass is 19.4. The summed E-state index contributed by atoms with van der Waals surface area (Å²) < 4.78 is 44.5. The number of anilines is 2. The summed E-state index contributed by atoms with van der Waals surface area (Å²) in [4.78, 5) is 11.0. The van der Waals surface area contributed by atoms with E-state index in [4.69, 9.17) is 4.42 Å². The fourth-order valence-electron chi connectivity index (χ4n) is 3.73. The third-order valence-electron chi connectivity index (χ3n) is 5.47. The topological polar surface area (TPSA) is 74.4 Å². The molecule has 1 aromatic carbocycles. The Balaban J connectivity index is 1.46. The van der Waals surface area contributed by atoms with Crippen molar-refractivity contribution in [1.29, 1.82) is 0 Å². The summed E-state index contributed by atoms with van der Waals surface area (Å²) in [6.45, 7) is 3.20. The van der Waals surface area contributed by atoms with Crippen molar-refractivity contribution in [3.63, 3.8) is 0 Å². The largest absolute Gasteiger partial charge is 0.467 e. The molecule has 9 heteroatoms. The number of benzene rings is 1. The van der Waals surface area contributed by atoms with E-state index in [2.05, 4.69) is 15.3 Å². The van der Waals surface area contributed by atoms with E-state index in [1.165, 1.54) is 6.07 Å². The maximum absolute atomic E-state index is 13.1. The van der Waals surface area contributed by atoms with Gasteiger partial charge in [-0.15, -0.1) is 0 Å². The summed E-state index contributed by atoms with van der Waals surface area (Å²) >= 11 is 0. The Bertz CT molecular complexity index is 1030. The zero-order chi connectivity index (χ0) is 22.1. The van der Waals surface area contributed by atoms with Crippen molar-refractivity contribution in [2.24, 2.45) is 0 Å². The van der Waals surface area contributed by atoms with Crippen LogP contribution < -0.4 is 10.2 Å². The van der Waals surface area contributed by atoms with Gasteiger partial charge in [0.05, 0.1) is 24.0 Å². The predicted molar refractivity (Wildman–Crippen MR) is 110 cm³/mol. The summed E-state index contributed by atoms with van der Waals surface area (Å²) in [5.41, 5.74) is -1.00. The molecule has 2 aromatic heterocycles. The molecule has 1 saturated heterocycles. The molecule has 0 radical (unpaired) electrons. The second kappa shape index (κ2) is 8.22. The molecule has 2 N–H and O–H groups in total. The Labute approximate surface area is 177 Å². The molecule has 3 aromatic rings. The zero-order valence-corrected chi connectivity index (χ0v) is 17.0. The van der Waals surface area contributed by atoms with Crippen molar-refractivity contribution >= 4 is 11.8 Å². The van der Waals surface area contributed by atoms with Gasteiger partial charge in [0.25, 0.3) is 0 Å². The molecule has 3 heterocycles. The Morgan fingerprint density at radius 1 is 1.13 bits per heavy atom. The lowest BCUT2D eigenvalue weighted by atomic mass is 9.84. The number of aryl methyl sites for hydroxylation is 1. The van der Waals surface area contributed by atoms with Crippen LogP contribution in [0.25, 0.3) is 0 Å². The predicted octanol–water partition coefficient (Wildman–Crippen LogP) is 4.50. The van der Waals surface area contributed by atoms with Crippen LogP contribution in [0.2, 0.25) is 0 Å². The number of rotatable bonds is 5. The lowest BCUT2D eigenvalue weighted by Gasteiger charge is -2.38. The van der Waals surface area contributed by atoms with Gasteiger partial charge < -0.3 is 19.7 Å². The summed E-state index contributed by atoms with van der Waals surface area (Å²) in [5, 5.41) is 14.2. The summed E-state index contributed by atoms with van der Waals surface area (Å²) in [5.74, 6) is 1.95. The number of hydrogen-bond acceptors (Lipinski definition) is 6. The number of aliphatic hydroxyl groups is 1. The molecule has 0 atom stereocenters. The number of aromatic nitrogens is 2. The van der Waals surface area contributed by atoms with E-state index in [9.17, 15) is 18.3 Å². The minimum atomic E-state index is -4.44. The minimum absolute atomic E-state index is 0.279. The number of alkyl halides is 3. The van der Waals surface area contributed by atoms with Crippen LogP contribution in [0.1, 0.15) is 35.4 Å². The lowest BCUT2D eigenvalue weighted by molar-refractivity contribution is -0.137. The van der Waals surface area contributed by atoms with E-state index < -0.39 is 17.3 Å². The van der Waals surface area contributed by atoms with Crippen molar-refractivity contribution in [2.75, 3.05) is 23.3 Å². The van der Waals surface area contributed by atoms with Gasteiger partial charge in [-0.25, -0.2) is 4.98 Å². The molecule has 0 aliphatic carbocycles. The van der Waals surface area contributed by atoms with Crippen molar-refractivity contribution in [2.45, 2.75) is 38.1 Å². The van der Waals surface area contributed by atoms with Gasteiger partial charge in [-0.3, -0.25) is 0 Å². The first-order valence-electron chi connectivity index (χ1n) is 10.00. The van der Waals surface area contributed by atoms with Crippen LogP contribution in [0.3, 0.4) is 0 Å². The number of piperidine rings is 1. The van der Waals surface area contributed by atoms with Gasteiger partial charge in [-0.1, -0.05) is 12.1 Å². The van der Waals surface area contributed by atoms with E-state index in [1.54, 1.807) is 12.3 Å². The molecule has 164 valence electrons. The number of nitrogens with one attached hydrogen (secondary N) is 1. The molecular weight excluding hydrogens is 409 g/mol. The van der Waals surface area contributed by atoms with E-state index in [0.29, 0.717) is 31.4 Å². The molecule has 0 amide bonds. The highest BCUT2D eigenvalue weighted by Gasteiger charge is 2.37. The SMILES string of the molecule is Cc1cc(NCc2ccco2)nc(N2CCC(O)(c3cccc(C(F)(F)F)c3)CC2)n1. The Kier molecular flexibility index (Phi) is 5.62. The van der Waals surface area contributed by atoms with Crippen LogP contribution >= 0.6 is 0 Å². The number of hydrogen-bond donors (Lipinski definition) is 2. The van der Waals surface area contributed by atoms with Gasteiger partial charge >= 0.3 is 6.18 Å². The second-order valence-electron chi connectivity index (χ2n) is 7.72. The van der Waals surface area contributed by atoms with Gasteiger partial charge in [0.15, 0.2) is 0 Å². The number of nitrogens with zero attached hydrogens (tertiary/aromatic N) is 3. The Hall–Kier alpha value is -3.07. The first-order valence-corrected chi connectivity index (χ1v) is 10.00. The van der Waals surface area contributed by atoms with Crippen LogP contribution in [-0.4, -0.2) is 28.2 Å². The van der Waals surface area contributed by atoms with Crippen LogP contribution in [-0.2, 0) is 18.3 Å². The first-order chi connectivity index (χ1) is 14.7. The maximum atomic E-state index is 13.1. The van der Waals surface area contributed by atoms with Crippen LogP contribution in [0, 0.1) is 6.92 Å². The number of halogens is 3. The lowest BCUT2D eigenvalue weighted by Crippen LogP contribution is -2.43. The summed E-state index contributed by atoms with van der Waals surface area (Å²) in [6.07, 6.45) is -2.28. The second-order valence-corrected chi connectivity index (χ2v) is 7.72.